The third-order valence-corrected chi connectivity index (χ3v) is 6.41. The number of hydrogen-bond acceptors (Lipinski definition) is 14. The summed E-state index contributed by atoms with van der Waals surface area (Å²) >= 11 is 1.19. The van der Waals surface area contributed by atoms with Crippen LogP contribution in [0.25, 0.3) is 0 Å². The van der Waals surface area contributed by atoms with Gasteiger partial charge in [-0.25, -0.2) is 9.59 Å². The van der Waals surface area contributed by atoms with Crippen LogP contribution in [0.5, 0.6) is 0 Å². The number of carbonyl (C=O) groups excluding carboxylic acids is 5. The van der Waals surface area contributed by atoms with Gasteiger partial charge in [0.2, 0.25) is 6.79 Å². The van der Waals surface area contributed by atoms with E-state index in [2.05, 4.69) is 20.3 Å². The Bertz CT molecular complexity index is 1200. The van der Waals surface area contributed by atoms with Crippen LogP contribution in [0.15, 0.2) is 27.1 Å². The zero-order valence-corrected chi connectivity index (χ0v) is 21.7. The number of nitrogen functional groups attached to an aromatic ring is 1. The summed E-state index contributed by atoms with van der Waals surface area (Å²) in [5, 5.41) is 5.42. The molecule has 3 rings (SSSR count). The first-order chi connectivity index (χ1) is 17.8. The molecule has 0 saturated carbocycles. The predicted molar refractivity (Wildman–Crippen MR) is 129 cm³/mol. The van der Waals surface area contributed by atoms with Crippen LogP contribution in [0.1, 0.15) is 26.5 Å². The Morgan fingerprint density at radius 1 is 1.26 bits per heavy atom. The van der Waals surface area contributed by atoms with Crippen molar-refractivity contribution in [2.45, 2.75) is 32.2 Å². The maximum absolute atomic E-state index is 13.1. The first-order valence-electron chi connectivity index (χ1n) is 10.9. The smallest absolute Gasteiger partial charge is 0.404 e. The van der Waals surface area contributed by atoms with Crippen molar-refractivity contribution < 1.29 is 47.4 Å². The average molecular weight is 555 g/mol. The predicted octanol–water partition coefficient (Wildman–Crippen LogP) is -0.553. The summed E-state index contributed by atoms with van der Waals surface area (Å²) < 4.78 is 19.7. The number of nitrogens with two attached hydrogens (primary N) is 2. The molecule has 1 fully saturated rings. The van der Waals surface area contributed by atoms with Gasteiger partial charge in [-0.15, -0.1) is 11.8 Å². The normalized spacial score (nSPS) is 19.2. The lowest BCUT2D eigenvalue weighted by Crippen LogP contribution is -2.71. The van der Waals surface area contributed by atoms with Crippen molar-refractivity contribution in [2.24, 2.45) is 16.3 Å². The monoisotopic (exact) mass is 554 g/mol. The van der Waals surface area contributed by atoms with Crippen molar-refractivity contribution in [3.8, 4) is 0 Å². The summed E-state index contributed by atoms with van der Waals surface area (Å²) in [6, 6.07) is -1.28. The number of primary amides is 1. The van der Waals surface area contributed by atoms with Crippen LogP contribution in [-0.2, 0) is 38.2 Å². The molecule has 1 aromatic rings. The van der Waals surface area contributed by atoms with Crippen molar-refractivity contribution in [3.05, 3.63) is 23.2 Å². The highest BCUT2D eigenvalue weighted by molar-refractivity contribution is 8.00. The van der Waals surface area contributed by atoms with Gasteiger partial charge in [0.25, 0.3) is 17.8 Å². The van der Waals surface area contributed by atoms with Crippen molar-refractivity contribution in [1.29, 1.82) is 0 Å². The molecule has 3 amide bonds. The van der Waals surface area contributed by atoms with Crippen molar-refractivity contribution in [1.82, 2.24) is 15.2 Å². The van der Waals surface area contributed by atoms with E-state index in [-0.39, 0.29) is 41.1 Å². The average Bonchev–Trinajstić information content (AvgIpc) is 3.28. The second-order valence-electron chi connectivity index (χ2n) is 8.85. The highest BCUT2D eigenvalue weighted by atomic mass is 32.2. The second-order valence-corrected chi connectivity index (χ2v) is 9.95. The first-order valence-corrected chi connectivity index (χ1v) is 12.0. The highest BCUT2D eigenvalue weighted by Gasteiger charge is 2.55. The molecule has 1 aromatic heterocycles. The molecule has 1 saturated heterocycles. The molecule has 0 aromatic carbocycles. The Morgan fingerprint density at radius 3 is 2.55 bits per heavy atom. The summed E-state index contributed by atoms with van der Waals surface area (Å²) in [6.07, 6.45) is 0.000668. The van der Waals surface area contributed by atoms with Crippen LogP contribution in [0.4, 0.5) is 10.8 Å². The van der Waals surface area contributed by atoms with E-state index in [1.807, 2.05) is 0 Å². The molecule has 2 aliphatic rings. The van der Waals surface area contributed by atoms with Gasteiger partial charge in [0.1, 0.15) is 42.8 Å². The van der Waals surface area contributed by atoms with E-state index in [0.29, 0.717) is 0 Å². The Kier molecular flexibility index (Phi) is 8.49. The van der Waals surface area contributed by atoms with Crippen LogP contribution >= 0.6 is 11.8 Å². The number of aromatic nitrogens is 1. The maximum Gasteiger partial charge on any atom is 0.404 e. The number of anilines is 1. The Balaban J connectivity index is 1.77. The molecule has 17 heteroatoms. The van der Waals surface area contributed by atoms with Gasteiger partial charge in [-0.1, -0.05) is 5.16 Å². The molecule has 2 atom stereocenters. The van der Waals surface area contributed by atoms with E-state index >= 15 is 0 Å². The Labute approximate surface area is 220 Å². The Morgan fingerprint density at radius 2 is 1.97 bits per heavy atom. The fraction of sp³-hybridized carbons (Fsp3) is 0.476. The second kappa shape index (κ2) is 11.4. The lowest BCUT2D eigenvalue weighted by molar-refractivity contribution is -0.173. The fourth-order valence-corrected chi connectivity index (χ4v) is 4.59. The van der Waals surface area contributed by atoms with Crippen LogP contribution in [0.3, 0.4) is 0 Å². The van der Waals surface area contributed by atoms with Crippen LogP contribution in [0, 0.1) is 5.41 Å². The number of thioether (sulfide) groups is 1. The summed E-state index contributed by atoms with van der Waals surface area (Å²) in [7, 11) is 1.21. The van der Waals surface area contributed by atoms with Gasteiger partial charge in [0, 0.05) is 11.3 Å². The molecule has 206 valence electrons. The minimum atomic E-state index is -1.09. The lowest BCUT2D eigenvalue weighted by atomic mass is 9.98. The number of rotatable bonds is 9. The molecular weight excluding hydrogens is 528 g/mol. The number of fused-ring (bicyclic) bond motifs is 1. The topological polar surface area (TPSA) is 228 Å². The van der Waals surface area contributed by atoms with E-state index in [1.165, 1.54) is 18.9 Å². The minimum Gasteiger partial charge on any atom is -0.445 e. The van der Waals surface area contributed by atoms with E-state index in [0.717, 1.165) is 11.2 Å². The third kappa shape index (κ3) is 6.16. The first kappa shape index (κ1) is 28.3. The number of nitrogens with one attached hydrogen (secondary N) is 1. The number of esters is 2. The van der Waals surface area contributed by atoms with Gasteiger partial charge >= 0.3 is 18.0 Å². The molecular formula is C21H26N6O10S. The fourth-order valence-electron chi connectivity index (χ4n) is 3.26. The molecule has 2 aliphatic heterocycles. The SMILES string of the molecule is CO/N=C(\C(=O)N[C@@H]1C(=O)N2C(C(=O)OCOC(=O)C(C)(C)C)=C(COC(N)=O)CS[C@H]12)c1coc(N)n1. The van der Waals surface area contributed by atoms with Crippen molar-refractivity contribution in [2.75, 3.05) is 32.0 Å². The molecule has 0 bridgehead atoms. The quantitative estimate of drug-likeness (QED) is 0.114. The number of oxime groups is 1. The van der Waals surface area contributed by atoms with E-state index in [4.69, 9.17) is 30.1 Å². The van der Waals surface area contributed by atoms with Crippen molar-refractivity contribution >= 4 is 53.3 Å². The summed E-state index contributed by atoms with van der Waals surface area (Å²) in [5.74, 6) is -2.97. The number of amides is 3. The summed E-state index contributed by atoms with van der Waals surface area (Å²) in [6.45, 7) is 3.76. The molecule has 0 aliphatic carbocycles. The number of carbonyl (C=O) groups is 5. The highest BCUT2D eigenvalue weighted by Crippen LogP contribution is 2.40. The number of β-lactam (4-membered cyclic amide) rings is 1. The number of nitrogens with zero attached hydrogens (tertiary/aromatic N) is 3. The zero-order chi connectivity index (χ0) is 28.2. The summed E-state index contributed by atoms with van der Waals surface area (Å²) in [5.41, 5.74) is 9.34. The lowest BCUT2D eigenvalue weighted by Gasteiger charge is -2.49. The minimum absolute atomic E-state index is 0.0263. The van der Waals surface area contributed by atoms with Gasteiger partial charge in [-0.3, -0.25) is 19.3 Å². The van der Waals surface area contributed by atoms with Crippen molar-refractivity contribution in [3.63, 3.8) is 0 Å². The molecule has 0 spiro atoms. The van der Waals surface area contributed by atoms with E-state index < -0.39 is 53.5 Å². The van der Waals surface area contributed by atoms with Gasteiger partial charge in [-0.2, -0.15) is 4.98 Å². The van der Waals surface area contributed by atoms with Crippen LogP contribution < -0.4 is 16.8 Å². The van der Waals surface area contributed by atoms with Crippen LogP contribution in [-0.4, -0.2) is 83.1 Å². The molecule has 38 heavy (non-hydrogen) atoms. The van der Waals surface area contributed by atoms with Gasteiger partial charge in [0.15, 0.2) is 5.71 Å². The third-order valence-electron chi connectivity index (χ3n) is 5.07. The molecule has 0 unspecified atom stereocenters. The molecule has 3 heterocycles. The largest absolute Gasteiger partial charge is 0.445 e. The zero-order valence-electron chi connectivity index (χ0n) is 20.8. The Hall–Kier alpha value is -4.28. The van der Waals surface area contributed by atoms with E-state index in [9.17, 15) is 24.0 Å². The van der Waals surface area contributed by atoms with Gasteiger partial charge < -0.3 is 40.2 Å². The molecule has 0 radical (unpaired) electrons. The number of ether oxygens (including phenoxy) is 3. The standard InChI is InChI=1S/C21H26N6O10S/c1-21(2,3)18(31)37-8-36-17(30)13-9(5-35-20(23)32)7-38-16-12(15(29)27(13)16)25-14(28)11(26-33-4)10-6-34-19(22)24-10/h6,12,16H,5,7-8H2,1-4H3,(H2,22,24)(H2,23,32)(H,25,28)/b26-11-/t12-,16-/m1/s1. The molecule has 5 N–H and O–H groups in total. The maximum atomic E-state index is 13.1. The van der Waals surface area contributed by atoms with Gasteiger partial charge in [-0.05, 0) is 20.8 Å². The number of hydrogen-bond donors (Lipinski definition) is 3. The summed E-state index contributed by atoms with van der Waals surface area (Å²) in [4.78, 5) is 71.5. The van der Waals surface area contributed by atoms with Crippen LogP contribution in [0.2, 0.25) is 0 Å². The van der Waals surface area contributed by atoms with Gasteiger partial charge in [0.05, 0.1) is 5.41 Å². The molecule has 16 nitrogen and oxygen atoms in total. The number of oxazole rings is 1. The van der Waals surface area contributed by atoms with E-state index in [1.54, 1.807) is 20.8 Å².